The monoisotopic (exact) mass is 415 g/mol. The molecule has 3 N–H and O–H groups in total. The molecule has 1 saturated heterocycles. The average molecular weight is 416 g/mol. The van der Waals surface area contributed by atoms with Gasteiger partial charge in [0, 0.05) is 17.1 Å². The van der Waals surface area contributed by atoms with Gasteiger partial charge >= 0.3 is 0 Å². The molecule has 1 fully saturated rings. The van der Waals surface area contributed by atoms with Crippen molar-refractivity contribution in [2.75, 3.05) is 19.6 Å². The zero-order valence-electron chi connectivity index (χ0n) is 16.1. The minimum Gasteiger partial charge on any atom is -0.354 e. The van der Waals surface area contributed by atoms with E-state index in [1.807, 2.05) is 13.8 Å². The molecule has 3 atom stereocenters. The first kappa shape index (κ1) is 23.7. The van der Waals surface area contributed by atoms with Gasteiger partial charge in [-0.25, -0.2) is 0 Å². The Morgan fingerprint density at radius 1 is 1.30 bits per heavy atom. The SMILES string of the molecule is CCC(C)C(NC(=O)c1ccc(Cl)cc1)C(=O)NCCC1CCCNC1.Cl. The maximum Gasteiger partial charge on any atom is 0.251 e. The third-order valence-electron chi connectivity index (χ3n) is 5.14. The van der Waals surface area contributed by atoms with Crippen molar-refractivity contribution in [1.29, 1.82) is 0 Å². The second kappa shape index (κ2) is 12.2. The van der Waals surface area contributed by atoms with Crippen molar-refractivity contribution in [2.24, 2.45) is 11.8 Å². The molecule has 0 aliphatic carbocycles. The first-order valence-electron chi connectivity index (χ1n) is 9.56. The summed E-state index contributed by atoms with van der Waals surface area (Å²) in [5.74, 6) is 0.321. The zero-order chi connectivity index (χ0) is 18.9. The zero-order valence-corrected chi connectivity index (χ0v) is 17.7. The maximum absolute atomic E-state index is 12.6. The Balaban J connectivity index is 0.00000364. The highest BCUT2D eigenvalue weighted by molar-refractivity contribution is 6.30. The summed E-state index contributed by atoms with van der Waals surface area (Å²) in [4.78, 5) is 25.1. The van der Waals surface area contributed by atoms with Crippen molar-refractivity contribution in [1.82, 2.24) is 16.0 Å². The lowest BCUT2D eigenvalue weighted by Crippen LogP contribution is -2.50. The van der Waals surface area contributed by atoms with Crippen LogP contribution in [0.25, 0.3) is 0 Å². The van der Waals surface area contributed by atoms with Gasteiger partial charge in [0.05, 0.1) is 0 Å². The third kappa shape index (κ3) is 7.68. The molecule has 5 nitrogen and oxygen atoms in total. The van der Waals surface area contributed by atoms with Crippen LogP contribution in [0.5, 0.6) is 0 Å². The molecule has 7 heteroatoms. The minimum atomic E-state index is -0.535. The first-order chi connectivity index (χ1) is 12.5. The van der Waals surface area contributed by atoms with E-state index < -0.39 is 6.04 Å². The fraction of sp³-hybridized carbons (Fsp3) is 0.600. The minimum absolute atomic E-state index is 0. The average Bonchev–Trinajstić information content (AvgIpc) is 2.66. The van der Waals surface area contributed by atoms with Crippen LogP contribution in [0.1, 0.15) is 49.9 Å². The lowest BCUT2D eigenvalue weighted by molar-refractivity contribution is -0.124. The summed E-state index contributed by atoms with van der Waals surface area (Å²) in [5, 5.41) is 9.86. The molecular formula is C20H31Cl2N3O2. The van der Waals surface area contributed by atoms with E-state index in [0.29, 0.717) is 23.0 Å². The fourth-order valence-electron chi connectivity index (χ4n) is 3.21. The van der Waals surface area contributed by atoms with Crippen molar-refractivity contribution in [2.45, 2.75) is 45.6 Å². The summed E-state index contributed by atoms with van der Waals surface area (Å²) >= 11 is 5.87. The molecule has 2 rings (SSSR count). The summed E-state index contributed by atoms with van der Waals surface area (Å²) in [6, 6.07) is 6.14. The van der Waals surface area contributed by atoms with Gasteiger partial charge < -0.3 is 16.0 Å². The van der Waals surface area contributed by atoms with Crippen molar-refractivity contribution in [3.8, 4) is 0 Å². The number of rotatable bonds is 8. The predicted molar refractivity (Wildman–Crippen MR) is 113 cm³/mol. The standard InChI is InChI=1S/C20H30ClN3O2.ClH/c1-3-14(2)18(24-19(25)16-6-8-17(21)9-7-16)20(26)23-12-10-15-5-4-11-22-13-15;/h6-9,14-15,18,22H,3-5,10-13H2,1-2H3,(H,23,26)(H,24,25);1H. The lowest BCUT2D eigenvalue weighted by Gasteiger charge is -2.25. The number of hydrogen-bond donors (Lipinski definition) is 3. The number of carbonyl (C=O) groups is 2. The normalized spacial score (nSPS) is 18.7. The highest BCUT2D eigenvalue weighted by Crippen LogP contribution is 2.14. The Morgan fingerprint density at radius 2 is 2.00 bits per heavy atom. The molecule has 0 radical (unpaired) electrons. The van der Waals surface area contributed by atoms with Crippen LogP contribution in [0.4, 0.5) is 0 Å². The van der Waals surface area contributed by atoms with Crippen molar-refractivity contribution in [3.05, 3.63) is 34.9 Å². The number of carbonyl (C=O) groups excluding carboxylic acids is 2. The van der Waals surface area contributed by atoms with Gasteiger partial charge in [0.15, 0.2) is 0 Å². The van der Waals surface area contributed by atoms with Gasteiger partial charge in [-0.3, -0.25) is 9.59 Å². The van der Waals surface area contributed by atoms with Crippen molar-refractivity contribution in [3.63, 3.8) is 0 Å². The number of amides is 2. The second-order valence-electron chi connectivity index (χ2n) is 7.14. The van der Waals surface area contributed by atoms with E-state index in [4.69, 9.17) is 11.6 Å². The van der Waals surface area contributed by atoms with Crippen LogP contribution in [-0.4, -0.2) is 37.5 Å². The molecule has 152 valence electrons. The van der Waals surface area contributed by atoms with Crippen LogP contribution in [0.15, 0.2) is 24.3 Å². The molecule has 0 aromatic heterocycles. The van der Waals surface area contributed by atoms with Crippen LogP contribution < -0.4 is 16.0 Å². The fourth-order valence-corrected chi connectivity index (χ4v) is 3.33. The Bertz CT molecular complexity index is 589. The smallest absolute Gasteiger partial charge is 0.251 e. The largest absolute Gasteiger partial charge is 0.354 e. The van der Waals surface area contributed by atoms with E-state index >= 15 is 0 Å². The van der Waals surface area contributed by atoms with E-state index in [1.165, 1.54) is 12.8 Å². The van der Waals surface area contributed by atoms with Crippen molar-refractivity contribution >= 4 is 35.8 Å². The summed E-state index contributed by atoms with van der Waals surface area (Å²) < 4.78 is 0. The van der Waals surface area contributed by atoms with Crippen LogP contribution >= 0.6 is 24.0 Å². The quantitative estimate of drug-likeness (QED) is 0.608. The number of benzene rings is 1. The lowest BCUT2D eigenvalue weighted by atomic mass is 9.95. The van der Waals surface area contributed by atoms with E-state index in [0.717, 1.165) is 25.9 Å². The Kier molecular flexibility index (Phi) is 10.7. The molecule has 3 unspecified atom stereocenters. The highest BCUT2D eigenvalue weighted by atomic mass is 35.5. The van der Waals surface area contributed by atoms with Gasteiger partial charge in [-0.15, -0.1) is 12.4 Å². The number of nitrogens with one attached hydrogen (secondary N) is 3. The van der Waals surface area contributed by atoms with Gasteiger partial charge in [0.2, 0.25) is 5.91 Å². The molecule has 1 aliphatic rings. The van der Waals surface area contributed by atoms with Crippen LogP contribution in [0.3, 0.4) is 0 Å². The van der Waals surface area contributed by atoms with E-state index in [9.17, 15) is 9.59 Å². The summed E-state index contributed by atoms with van der Waals surface area (Å²) in [6.07, 6.45) is 4.19. The Labute approximate surface area is 173 Å². The van der Waals surface area contributed by atoms with Crippen LogP contribution in [-0.2, 0) is 4.79 Å². The van der Waals surface area contributed by atoms with E-state index in [-0.39, 0.29) is 30.1 Å². The summed E-state index contributed by atoms with van der Waals surface area (Å²) in [6.45, 7) is 6.77. The van der Waals surface area contributed by atoms with Crippen LogP contribution in [0, 0.1) is 11.8 Å². The van der Waals surface area contributed by atoms with Gasteiger partial charge in [0.1, 0.15) is 6.04 Å². The molecule has 1 aliphatic heterocycles. The molecule has 1 heterocycles. The first-order valence-corrected chi connectivity index (χ1v) is 9.94. The maximum atomic E-state index is 12.6. The predicted octanol–water partition coefficient (Wildman–Crippen LogP) is 3.41. The molecule has 1 aromatic carbocycles. The van der Waals surface area contributed by atoms with E-state index in [2.05, 4.69) is 16.0 Å². The summed E-state index contributed by atoms with van der Waals surface area (Å²) in [7, 11) is 0. The van der Waals surface area contributed by atoms with Crippen molar-refractivity contribution < 1.29 is 9.59 Å². The third-order valence-corrected chi connectivity index (χ3v) is 5.39. The Morgan fingerprint density at radius 3 is 2.59 bits per heavy atom. The number of halogens is 2. The highest BCUT2D eigenvalue weighted by Gasteiger charge is 2.26. The summed E-state index contributed by atoms with van der Waals surface area (Å²) in [5.41, 5.74) is 0.504. The molecular weight excluding hydrogens is 385 g/mol. The second-order valence-corrected chi connectivity index (χ2v) is 7.57. The number of hydrogen-bond acceptors (Lipinski definition) is 3. The van der Waals surface area contributed by atoms with Gasteiger partial charge in [-0.05, 0) is 68.5 Å². The molecule has 1 aromatic rings. The van der Waals surface area contributed by atoms with Gasteiger partial charge in [-0.2, -0.15) is 0 Å². The molecule has 27 heavy (non-hydrogen) atoms. The Hall–Kier alpha value is -1.30. The van der Waals surface area contributed by atoms with Crippen LogP contribution in [0.2, 0.25) is 5.02 Å². The number of piperidine rings is 1. The van der Waals surface area contributed by atoms with Gasteiger partial charge in [0.25, 0.3) is 5.91 Å². The van der Waals surface area contributed by atoms with Gasteiger partial charge in [-0.1, -0.05) is 31.9 Å². The van der Waals surface area contributed by atoms with E-state index in [1.54, 1.807) is 24.3 Å². The molecule has 0 bridgehead atoms. The molecule has 0 saturated carbocycles. The molecule has 0 spiro atoms. The topological polar surface area (TPSA) is 70.2 Å². The molecule has 2 amide bonds.